The van der Waals surface area contributed by atoms with Crippen LogP contribution in [0.1, 0.15) is 0 Å². The molecule has 13 heavy (non-hydrogen) atoms. The van der Waals surface area contributed by atoms with Crippen molar-refractivity contribution in [1.82, 2.24) is 9.95 Å². The molecule has 0 saturated carbocycles. The molecule has 0 aromatic rings. The first kappa shape index (κ1) is 10.2. The second kappa shape index (κ2) is 3.88. The molecule has 0 fully saturated rings. The van der Waals surface area contributed by atoms with Gasteiger partial charge in [-0.1, -0.05) is 4.89 Å². The van der Waals surface area contributed by atoms with Gasteiger partial charge in [-0.25, -0.2) is 8.42 Å². The van der Waals surface area contributed by atoms with Gasteiger partial charge in [0.05, 0.1) is 12.0 Å². The normalized spacial score (nSPS) is 17.4. The van der Waals surface area contributed by atoms with Crippen LogP contribution in [0.5, 0.6) is 0 Å². The number of nitrogens with one attached hydrogen (secondary N) is 1. The van der Waals surface area contributed by atoms with E-state index in [-0.39, 0.29) is 11.4 Å². The number of hydrogen-bond donors (Lipinski definition) is 1. The summed E-state index contributed by atoms with van der Waals surface area (Å²) >= 11 is 0. The highest BCUT2D eigenvalue weighted by molar-refractivity contribution is 7.93. The summed E-state index contributed by atoms with van der Waals surface area (Å²) < 4.78 is 22.5. The summed E-state index contributed by atoms with van der Waals surface area (Å²) in [6, 6.07) is 0. The second-order valence-corrected chi connectivity index (χ2v) is 4.04. The van der Waals surface area contributed by atoms with Gasteiger partial charge in [-0.15, -0.1) is 0 Å². The van der Waals surface area contributed by atoms with Gasteiger partial charge < -0.3 is 10.3 Å². The van der Waals surface area contributed by atoms with E-state index in [1.54, 1.807) is 0 Å². The van der Waals surface area contributed by atoms with E-state index < -0.39 is 10.0 Å². The number of hydroxylamine groups is 2. The second-order valence-electron chi connectivity index (χ2n) is 2.34. The lowest BCUT2D eigenvalue weighted by atomic mass is 10.4. The molecule has 0 saturated heterocycles. The Kier molecular flexibility index (Phi) is 3.04. The fraction of sp³-hybridized carbons (Fsp3) is 0.333. The van der Waals surface area contributed by atoms with Crippen LogP contribution >= 0.6 is 0 Å². The van der Waals surface area contributed by atoms with Crippen molar-refractivity contribution in [1.29, 1.82) is 0 Å². The Morgan fingerprint density at radius 3 is 2.92 bits per heavy atom. The Bertz CT molecular complexity index is 333. The molecule has 0 radical (unpaired) electrons. The van der Waals surface area contributed by atoms with E-state index in [0.29, 0.717) is 5.06 Å². The third kappa shape index (κ3) is 2.52. The van der Waals surface area contributed by atoms with E-state index in [0.717, 1.165) is 0 Å². The predicted molar refractivity (Wildman–Crippen MR) is 46.4 cm³/mol. The monoisotopic (exact) mass is 205 g/mol. The van der Waals surface area contributed by atoms with E-state index in [1.807, 2.05) is 4.89 Å². The van der Waals surface area contributed by atoms with Crippen LogP contribution in [0.2, 0.25) is 0 Å². The van der Waals surface area contributed by atoms with Crippen molar-refractivity contribution in [3.05, 3.63) is 28.5 Å². The fourth-order valence-corrected chi connectivity index (χ4v) is 1.72. The zero-order chi connectivity index (χ0) is 9.90. The summed E-state index contributed by atoms with van der Waals surface area (Å²) in [7, 11) is -2.48. The molecular formula is C6H9N2O4S-. The van der Waals surface area contributed by atoms with Gasteiger partial charge in [0.1, 0.15) is 0 Å². The molecule has 0 unspecified atom stereocenters. The van der Waals surface area contributed by atoms with E-state index >= 15 is 0 Å². The topological polar surface area (TPSA) is 81.7 Å². The summed E-state index contributed by atoms with van der Waals surface area (Å²) in [6.45, 7) is -0.199. The van der Waals surface area contributed by atoms with Crippen LogP contribution in [0, 0.1) is 5.21 Å². The molecule has 0 atom stereocenters. The Labute approximate surface area is 76.1 Å². The zero-order valence-electron chi connectivity index (χ0n) is 6.93. The maximum absolute atomic E-state index is 11.2. The predicted octanol–water partition coefficient (Wildman–Crippen LogP) is -0.322. The van der Waals surface area contributed by atoms with Crippen molar-refractivity contribution >= 4 is 10.0 Å². The molecule has 1 aliphatic rings. The number of nitrogens with zero attached hydrogens (tertiary/aromatic N) is 1. The molecule has 6 nitrogen and oxygen atoms in total. The first-order valence-corrected chi connectivity index (χ1v) is 4.90. The van der Waals surface area contributed by atoms with Gasteiger partial charge in [0.25, 0.3) is 10.0 Å². The van der Waals surface area contributed by atoms with Gasteiger partial charge in [0, 0.05) is 6.54 Å². The first-order chi connectivity index (χ1) is 6.06. The van der Waals surface area contributed by atoms with E-state index in [2.05, 4.69) is 4.84 Å². The van der Waals surface area contributed by atoms with Crippen LogP contribution in [-0.4, -0.2) is 27.1 Å². The fourth-order valence-electron chi connectivity index (χ4n) is 0.843. The molecule has 1 aliphatic heterocycles. The minimum atomic E-state index is -3.67. The number of rotatable bonds is 3. The largest absolute Gasteiger partial charge is 0.758 e. The van der Waals surface area contributed by atoms with Crippen molar-refractivity contribution in [2.24, 2.45) is 0 Å². The van der Waals surface area contributed by atoms with Crippen LogP contribution < -0.4 is 4.89 Å². The van der Waals surface area contributed by atoms with Crippen molar-refractivity contribution in [2.75, 3.05) is 13.7 Å². The van der Waals surface area contributed by atoms with Gasteiger partial charge in [0.2, 0.25) is 0 Å². The highest BCUT2D eigenvalue weighted by Crippen LogP contribution is 2.11. The van der Waals surface area contributed by atoms with E-state index in [1.165, 1.54) is 25.5 Å². The Hall–Kier alpha value is -0.890. The van der Waals surface area contributed by atoms with Crippen molar-refractivity contribution in [3.8, 4) is 0 Å². The summed E-state index contributed by atoms with van der Waals surface area (Å²) in [6.07, 6.45) is 3.95. The van der Waals surface area contributed by atoms with Crippen LogP contribution in [0.4, 0.5) is 0 Å². The molecule has 1 heterocycles. The van der Waals surface area contributed by atoms with Crippen molar-refractivity contribution in [3.63, 3.8) is 0 Å². The lowest BCUT2D eigenvalue weighted by Gasteiger charge is -2.29. The Balaban J connectivity index is 2.83. The van der Waals surface area contributed by atoms with Crippen molar-refractivity contribution < 1.29 is 13.3 Å². The van der Waals surface area contributed by atoms with E-state index in [9.17, 15) is 13.6 Å². The summed E-state index contributed by atoms with van der Waals surface area (Å²) in [5.74, 6) is 0. The SMILES string of the molecule is CONS(=O)(=O)C1=CC=CN([O-])C1. The smallest absolute Gasteiger partial charge is 0.260 e. The molecule has 0 aromatic heterocycles. The van der Waals surface area contributed by atoms with Gasteiger partial charge in [-0.2, -0.15) is 0 Å². The maximum atomic E-state index is 11.2. The lowest BCUT2D eigenvalue weighted by molar-refractivity contribution is 0.154. The summed E-state index contributed by atoms with van der Waals surface area (Å²) in [4.78, 5) is 6.07. The highest BCUT2D eigenvalue weighted by Gasteiger charge is 2.17. The first-order valence-electron chi connectivity index (χ1n) is 3.42. The van der Waals surface area contributed by atoms with Gasteiger partial charge in [-0.05, 0) is 18.4 Å². The third-order valence-electron chi connectivity index (χ3n) is 1.38. The van der Waals surface area contributed by atoms with Crippen LogP contribution in [0.25, 0.3) is 0 Å². The number of hydrogen-bond acceptors (Lipinski definition) is 5. The number of sulfonamides is 1. The summed E-state index contributed by atoms with van der Waals surface area (Å²) in [5.41, 5.74) is 0. The average molecular weight is 205 g/mol. The zero-order valence-corrected chi connectivity index (χ0v) is 7.74. The molecule has 0 amide bonds. The van der Waals surface area contributed by atoms with Crippen LogP contribution in [-0.2, 0) is 14.9 Å². The highest BCUT2D eigenvalue weighted by atomic mass is 32.2. The van der Waals surface area contributed by atoms with Crippen molar-refractivity contribution in [2.45, 2.75) is 0 Å². The minimum Gasteiger partial charge on any atom is -0.758 e. The molecule has 7 heteroatoms. The molecule has 1 rings (SSSR count). The molecule has 0 aliphatic carbocycles. The van der Waals surface area contributed by atoms with E-state index in [4.69, 9.17) is 0 Å². The van der Waals surface area contributed by atoms with Gasteiger partial charge in [0.15, 0.2) is 0 Å². The maximum Gasteiger partial charge on any atom is 0.260 e. The summed E-state index contributed by atoms with van der Waals surface area (Å²) in [5, 5.41) is 11.3. The quantitative estimate of drug-likeness (QED) is 0.638. The number of allylic oxidation sites excluding steroid dienone is 2. The molecule has 0 spiro atoms. The van der Waals surface area contributed by atoms with Crippen LogP contribution in [0.3, 0.4) is 0 Å². The molecule has 1 N–H and O–H groups in total. The van der Waals surface area contributed by atoms with Crippen LogP contribution in [0.15, 0.2) is 23.3 Å². The molecular weight excluding hydrogens is 196 g/mol. The average Bonchev–Trinajstić information content (AvgIpc) is 2.04. The standard InChI is InChI=1S/C6H9N2O4S/c1-12-7-13(10,11)6-3-2-4-8(9)5-6/h2-4,7H,5H2,1H3/q-1. The Morgan fingerprint density at radius 2 is 2.38 bits per heavy atom. The molecule has 74 valence electrons. The Morgan fingerprint density at radius 1 is 1.69 bits per heavy atom. The third-order valence-corrected chi connectivity index (χ3v) is 2.73. The van der Waals surface area contributed by atoms with Gasteiger partial charge >= 0.3 is 0 Å². The minimum absolute atomic E-state index is 0.0214. The molecule has 0 aromatic carbocycles. The van der Waals surface area contributed by atoms with Gasteiger partial charge in [-0.3, -0.25) is 4.84 Å². The lowest BCUT2D eigenvalue weighted by Crippen LogP contribution is -2.29. The molecule has 0 bridgehead atoms.